The second-order valence-corrected chi connectivity index (χ2v) is 5.47. The Morgan fingerprint density at radius 1 is 1.07 bits per heavy atom. The van der Waals surface area contributed by atoms with Crippen molar-refractivity contribution >= 4 is 17.5 Å². The zero-order valence-electron chi connectivity index (χ0n) is 14.5. The van der Waals surface area contributed by atoms with Crippen molar-refractivity contribution < 1.29 is 27.4 Å². The molecule has 0 saturated carbocycles. The van der Waals surface area contributed by atoms with Gasteiger partial charge in [-0.15, -0.1) is 0 Å². The molecule has 0 radical (unpaired) electrons. The number of carbonyl (C=O) groups excluding carboxylic acids is 2. The van der Waals surface area contributed by atoms with Crippen molar-refractivity contribution in [2.45, 2.75) is 6.42 Å². The minimum atomic E-state index is -0.965. The van der Waals surface area contributed by atoms with Crippen molar-refractivity contribution in [2.24, 2.45) is 0 Å². The molecule has 2 aromatic rings. The molecule has 3 N–H and O–H groups in total. The lowest BCUT2D eigenvalue weighted by atomic mass is 10.3. The number of nitrogens with one attached hydrogen (secondary N) is 3. The fourth-order valence-corrected chi connectivity index (χ4v) is 2.04. The highest BCUT2D eigenvalue weighted by molar-refractivity contribution is 5.92. The first kappa shape index (κ1) is 20.2. The van der Waals surface area contributed by atoms with Crippen LogP contribution in [0.4, 0.5) is 14.5 Å². The number of ether oxygens (including phenoxy) is 1. The van der Waals surface area contributed by atoms with Crippen LogP contribution in [0.25, 0.3) is 0 Å². The van der Waals surface area contributed by atoms with E-state index in [0.717, 1.165) is 12.1 Å². The van der Waals surface area contributed by atoms with E-state index >= 15 is 0 Å². The standard InChI is InChI=1S/C18H20F2N4O3.3H2/c19-14-6-5-13(10-15(14)20)24-12-27-11-17(25)22-8-3-9-23-18(26)16-4-1-2-7-21-16;;;/h1-2,4-7,10,24H,3,8-9,11-12H2,(H,22,25)(H,23,26);3*1H. The number of aromatic nitrogens is 1. The maximum atomic E-state index is 13.0. The van der Waals surface area contributed by atoms with E-state index in [9.17, 15) is 18.4 Å². The average molecular weight is 384 g/mol. The lowest BCUT2D eigenvalue weighted by molar-refractivity contribution is -0.125. The van der Waals surface area contributed by atoms with E-state index in [1.54, 1.807) is 18.2 Å². The first-order valence-corrected chi connectivity index (χ1v) is 8.29. The van der Waals surface area contributed by atoms with Crippen LogP contribution in [0.15, 0.2) is 42.6 Å². The summed E-state index contributed by atoms with van der Waals surface area (Å²) in [6, 6.07) is 8.42. The van der Waals surface area contributed by atoms with Gasteiger partial charge in [-0.3, -0.25) is 14.6 Å². The van der Waals surface area contributed by atoms with Crippen LogP contribution < -0.4 is 16.0 Å². The molecule has 0 aliphatic carbocycles. The molecule has 9 heteroatoms. The van der Waals surface area contributed by atoms with Crippen LogP contribution in [0.2, 0.25) is 0 Å². The summed E-state index contributed by atoms with van der Waals surface area (Å²) >= 11 is 0. The van der Waals surface area contributed by atoms with Crippen molar-refractivity contribution in [2.75, 3.05) is 31.7 Å². The SMILES string of the molecule is O=C(COCNc1ccc(F)c(F)c1)NCCCNC(=O)c1ccccn1.[HH].[HH].[HH]. The highest BCUT2D eigenvalue weighted by Gasteiger charge is 2.06. The Morgan fingerprint density at radius 3 is 2.63 bits per heavy atom. The first-order valence-electron chi connectivity index (χ1n) is 8.29. The second kappa shape index (κ2) is 10.8. The van der Waals surface area contributed by atoms with Crippen molar-refractivity contribution in [3.05, 3.63) is 59.9 Å². The normalized spacial score (nSPS) is 10.3. The van der Waals surface area contributed by atoms with Gasteiger partial charge in [0.25, 0.3) is 5.91 Å². The highest BCUT2D eigenvalue weighted by Crippen LogP contribution is 2.12. The third-order valence-electron chi connectivity index (χ3n) is 3.39. The van der Waals surface area contributed by atoms with E-state index in [1.165, 1.54) is 12.3 Å². The molecule has 0 fully saturated rings. The summed E-state index contributed by atoms with van der Waals surface area (Å²) in [5.74, 6) is -2.49. The molecular weight excluding hydrogens is 358 g/mol. The number of carbonyl (C=O) groups is 2. The van der Waals surface area contributed by atoms with Gasteiger partial charge < -0.3 is 20.7 Å². The van der Waals surface area contributed by atoms with Crippen LogP contribution in [0, 0.1) is 11.6 Å². The molecule has 0 aliphatic rings. The Hall–Kier alpha value is -3.07. The van der Waals surface area contributed by atoms with Crippen molar-refractivity contribution in [3.63, 3.8) is 0 Å². The lowest BCUT2D eigenvalue weighted by Gasteiger charge is -2.09. The number of halogens is 2. The Morgan fingerprint density at radius 2 is 1.89 bits per heavy atom. The molecule has 1 aromatic heterocycles. The summed E-state index contributed by atoms with van der Waals surface area (Å²) in [6.07, 6.45) is 2.09. The number of hydrogen-bond donors (Lipinski definition) is 3. The number of amides is 2. The topological polar surface area (TPSA) is 92.4 Å². The molecule has 0 aliphatic heterocycles. The Balaban J connectivity index is 0. The molecule has 2 rings (SSSR count). The fraction of sp³-hybridized carbons (Fsp3) is 0.278. The van der Waals surface area contributed by atoms with Crippen molar-refractivity contribution in [3.8, 4) is 0 Å². The third-order valence-corrected chi connectivity index (χ3v) is 3.39. The highest BCUT2D eigenvalue weighted by atomic mass is 19.2. The minimum absolute atomic E-state index is 0. The predicted molar refractivity (Wildman–Crippen MR) is 101 cm³/mol. The van der Waals surface area contributed by atoms with Gasteiger partial charge in [0.2, 0.25) is 5.91 Å². The van der Waals surface area contributed by atoms with Gasteiger partial charge in [0.05, 0.1) is 0 Å². The van der Waals surface area contributed by atoms with Crippen LogP contribution in [-0.4, -0.2) is 43.2 Å². The Labute approximate surface area is 159 Å². The summed E-state index contributed by atoms with van der Waals surface area (Å²) in [7, 11) is 0. The lowest BCUT2D eigenvalue weighted by Crippen LogP contribution is -2.32. The summed E-state index contributed by atoms with van der Waals surface area (Å²) < 4.78 is 30.9. The first-order chi connectivity index (χ1) is 13.1. The van der Waals surface area contributed by atoms with Crippen LogP contribution in [-0.2, 0) is 9.53 Å². The quantitative estimate of drug-likeness (QED) is 0.432. The van der Waals surface area contributed by atoms with Gasteiger partial charge in [0, 0.05) is 35.3 Å². The zero-order chi connectivity index (χ0) is 19.5. The van der Waals surface area contributed by atoms with Gasteiger partial charge in [-0.2, -0.15) is 0 Å². The van der Waals surface area contributed by atoms with Gasteiger partial charge in [0.1, 0.15) is 19.0 Å². The predicted octanol–water partition coefficient (Wildman–Crippen LogP) is 2.42. The van der Waals surface area contributed by atoms with E-state index in [0.29, 0.717) is 30.9 Å². The molecule has 7 nitrogen and oxygen atoms in total. The molecule has 1 heterocycles. The summed E-state index contributed by atoms with van der Waals surface area (Å²) in [4.78, 5) is 27.3. The number of rotatable bonds is 10. The Bertz CT molecular complexity index is 774. The van der Waals surface area contributed by atoms with E-state index in [1.807, 2.05) is 0 Å². The third kappa shape index (κ3) is 7.37. The number of hydrogen-bond acceptors (Lipinski definition) is 5. The summed E-state index contributed by atoms with van der Waals surface area (Å²) in [6.45, 7) is 0.561. The smallest absolute Gasteiger partial charge is 0.269 e. The van der Waals surface area contributed by atoms with E-state index in [4.69, 9.17) is 4.74 Å². The largest absolute Gasteiger partial charge is 0.363 e. The van der Waals surface area contributed by atoms with Crippen LogP contribution in [0.5, 0.6) is 0 Å². The van der Waals surface area contributed by atoms with E-state index in [-0.39, 0.29) is 29.4 Å². The van der Waals surface area contributed by atoms with Crippen LogP contribution in [0.3, 0.4) is 0 Å². The summed E-state index contributed by atoms with van der Waals surface area (Å²) in [5.41, 5.74) is 0.682. The molecule has 2 amide bonds. The zero-order valence-corrected chi connectivity index (χ0v) is 14.5. The minimum Gasteiger partial charge on any atom is -0.363 e. The maximum Gasteiger partial charge on any atom is 0.269 e. The molecular formula is C18H26F2N4O3. The molecule has 1 aromatic carbocycles. The average Bonchev–Trinajstić information content (AvgIpc) is 2.68. The van der Waals surface area contributed by atoms with Gasteiger partial charge in [-0.05, 0) is 30.7 Å². The van der Waals surface area contributed by atoms with Crippen LogP contribution in [0.1, 0.15) is 21.2 Å². The number of benzene rings is 1. The number of anilines is 1. The molecule has 0 bridgehead atoms. The molecule has 0 spiro atoms. The van der Waals surface area contributed by atoms with Gasteiger partial charge in [-0.25, -0.2) is 8.78 Å². The van der Waals surface area contributed by atoms with Gasteiger partial charge in [0.15, 0.2) is 11.6 Å². The Kier molecular flexibility index (Phi) is 8.11. The molecule has 0 atom stereocenters. The summed E-state index contributed by atoms with van der Waals surface area (Å²) in [5, 5.41) is 8.05. The van der Waals surface area contributed by atoms with Crippen molar-refractivity contribution in [1.82, 2.24) is 15.6 Å². The second-order valence-electron chi connectivity index (χ2n) is 5.47. The fourth-order valence-electron chi connectivity index (χ4n) is 2.04. The monoisotopic (exact) mass is 384 g/mol. The van der Waals surface area contributed by atoms with Gasteiger partial charge >= 0.3 is 0 Å². The number of pyridine rings is 1. The number of nitrogens with zero attached hydrogens (tertiary/aromatic N) is 1. The van der Waals surface area contributed by atoms with E-state index < -0.39 is 11.6 Å². The van der Waals surface area contributed by atoms with Crippen LogP contribution >= 0.6 is 0 Å². The molecule has 0 unspecified atom stereocenters. The van der Waals surface area contributed by atoms with Gasteiger partial charge in [-0.1, -0.05) is 6.07 Å². The van der Waals surface area contributed by atoms with Crippen molar-refractivity contribution in [1.29, 1.82) is 0 Å². The molecule has 150 valence electrons. The molecule has 27 heavy (non-hydrogen) atoms. The molecule has 0 saturated heterocycles. The maximum absolute atomic E-state index is 13.0. The van der Waals surface area contributed by atoms with E-state index in [2.05, 4.69) is 20.9 Å².